The van der Waals surface area contributed by atoms with Crippen LogP contribution < -0.4 is 0 Å². The Hall–Kier alpha value is -2.54. The maximum absolute atomic E-state index is 5.37. The van der Waals surface area contributed by atoms with E-state index < -0.39 is 0 Å². The Balaban J connectivity index is 1.67. The second-order valence-corrected chi connectivity index (χ2v) is 7.29. The van der Waals surface area contributed by atoms with Gasteiger partial charge in [0.05, 0.1) is 12.2 Å². The standard InChI is InChI=1S/C18H24N6O/c1-13(14-6-8-15(9-7-14)24-12-19-11-20-24)23(5)10-16-21-17(25-22-16)18(2,3)4/h6-9,11-13H,10H2,1-5H3. The summed E-state index contributed by atoms with van der Waals surface area (Å²) < 4.78 is 7.11. The zero-order chi connectivity index (χ0) is 18.0. The summed E-state index contributed by atoms with van der Waals surface area (Å²) >= 11 is 0. The Morgan fingerprint density at radius 3 is 2.48 bits per heavy atom. The summed E-state index contributed by atoms with van der Waals surface area (Å²) in [6.45, 7) is 8.98. The van der Waals surface area contributed by atoms with E-state index in [1.807, 2.05) is 12.1 Å². The number of nitrogens with zero attached hydrogens (tertiary/aromatic N) is 6. The van der Waals surface area contributed by atoms with Crippen molar-refractivity contribution < 1.29 is 4.52 Å². The molecule has 25 heavy (non-hydrogen) atoms. The SMILES string of the molecule is CC(c1ccc(-n2cncn2)cc1)N(C)Cc1noc(C(C)(C)C)n1. The van der Waals surface area contributed by atoms with Gasteiger partial charge in [0.1, 0.15) is 12.7 Å². The molecule has 0 N–H and O–H groups in total. The highest BCUT2D eigenvalue weighted by Gasteiger charge is 2.23. The lowest BCUT2D eigenvalue weighted by Crippen LogP contribution is -2.22. The van der Waals surface area contributed by atoms with Crippen LogP contribution in [0.25, 0.3) is 5.69 Å². The van der Waals surface area contributed by atoms with Crippen LogP contribution in [0.3, 0.4) is 0 Å². The Kier molecular flexibility index (Phi) is 4.67. The maximum Gasteiger partial charge on any atom is 0.232 e. The fraction of sp³-hybridized carbons (Fsp3) is 0.444. The summed E-state index contributed by atoms with van der Waals surface area (Å²) in [4.78, 5) is 10.7. The number of benzene rings is 1. The summed E-state index contributed by atoms with van der Waals surface area (Å²) in [5.41, 5.74) is 2.07. The molecule has 0 amide bonds. The van der Waals surface area contributed by atoms with Crippen molar-refractivity contribution in [2.75, 3.05) is 7.05 Å². The van der Waals surface area contributed by atoms with Gasteiger partial charge in [-0.2, -0.15) is 10.1 Å². The van der Waals surface area contributed by atoms with Gasteiger partial charge in [-0.05, 0) is 31.7 Å². The predicted molar refractivity (Wildman–Crippen MR) is 94.2 cm³/mol. The van der Waals surface area contributed by atoms with Gasteiger partial charge in [-0.1, -0.05) is 38.1 Å². The van der Waals surface area contributed by atoms with E-state index in [0.29, 0.717) is 18.3 Å². The summed E-state index contributed by atoms with van der Waals surface area (Å²) in [5.74, 6) is 1.37. The van der Waals surface area contributed by atoms with Crippen LogP contribution in [0, 0.1) is 0 Å². The van der Waals surface area contributed by atoms with Gasteiger partial charge in [0.2, 0.25) is 5.89 Å². The van der Waals surface area contributed by atoms with E-state index in [1.165, 1.54) is 11.9 Å². The number of rotatable bonds is 5. The first-order valence-electron chi connectivity index (χ1n) is 8.33. The number of aromatic nitrogens is 5. The van der Waals surface area contributed by atoms with Crippen molar-refractivity contribution in [2.24, 2.45) is 0 Å². The molecule has 0 aliphatic heterocycles. The highest BCUT2D eigenvalue weighted by Crippen LogP contribution is 2.23. The molecule has 7 heteroatoms. The number of hydrogen-bond acceptors (Lipinski definition) is 6. The molecule has 1 aromatic carbocycles. The normalized spacial score (nSPS) is 13.4. The molecule has 2 aromatic heterocycles. The predicted octanol–water partition coefficient (Wildman–Crippen LogP) is 3.14. The van der Waals surface area contributed by atoms with Crippen molar-refractivity contribution in [3.05, 3.63) is 54.2 Å². The van der Waals surface area contributed by atoms with Gasteiger partial charge in [-0.15, -0.1) is 0 Å². The van der Waals surface area contributed by atoms with Crippen molar-refractivity contribution >= 4 is 0 Å². The second kappa shape index (κ2) is 6.76. The molecule has 0 radical (unpaired) electrons. The Morgan fingerprint density at radius 1 is 1.20 bits per heavy atom. The lowest BCUT2D eigenvalue weighted by molar-refractivity contribution is 0.241. The van der Waals surface area contributed by atoms with E-state index in [4.69, 9.17) is 4.52 Å². The molecule has 0 saturated heterocycles. The third-order valence-corrected chi connectivity index (χ3v) is 4.22. The highest BCUT2D eigenvalue weighted by molar-refractivity contribution is 5.34. The summed E-state index contributed by atoms with van der Waals surface area (Å²) in [5, 5.41) is 8.24. The molecule has 132 valence electrons. The molecule has 0 bridgehead atoms. The highest BCUT2D eigenvalue weighted by atomic mass is 16.5. The Labute approximate surface area is 147 Å². The molecule has 1 atom stereocenters. The van der Waals surface area contributed by atoms with Crippen LogP contribution >= 0.6 is 0 Å². The van der Waals surface area contributed by atoms with Gasteiger partial charge in [0, 0.05) is 11.5 Å². The number of hydrogen-bond donors (Lipinski definition) is 0. The average molecular weight is 340 g/mol. The van der Waals surface area contributed by atoms with E-state index >= 15 is 0 Å². The minimum Gasteiger partial charge on any atom is -0.339 e. The molecule has 3 rings (SSSR count). The smallest absolute Gasteiger partial charge is 0.232 e. The molecule has 1 unspecified atom stereocenters. The maximum atomic E-state index is 5.37. The Morgan fingerprint density at radius 2 is 1.92 bits per heavy atom. The molecule has 0 aliphatic carbocycles. The minimum atomic E-state index is -0.132. The van der Waals surface area contributed by atoms with Gasteiger partial charge >= 0.3 is 0 Å². The third-order valence-electron chi connectivity index (χ3n) is 4.22. The molecular weight excluding hydrogens is 316 g/mol. The largest absolute Gasteiger partial charge is 0.339 e. The molecule has 0 spiro atoms. The van der Waals surface area contributed by atoms with Crippen molar-refractivity contribution in [1.29, 1.82) is 0 Å². The monoisotopic (exact) mass is 340 g/mol. The zero-order valence-corrected chi connectivity index (χ0v) is 15.3. The second-order valence-electron chi connectivity index (χ2n) is 7.29. The van der Waals surface area contributed by atoms with Crippen molar-refractivity contribution in [3.63, 3.8) is 0 Å². The van der Waals surface area contributed by atoms with Crippen LogP contribution in [0.5, 0.6) is 0 Å². The first kappa shape index (κ1) is 17.3. The van der Waals surface area contributed by atoms with E-state index in [2.05, 4.69) is 72.0 Å². The zero-order valence-electron chi connectivity index (χ0n) is 15.3. The molecule has 0 aliphatic rings. The van der Waals surface area contributed by atoms with Crippen LogP contribution in [0.15, 0.2) is 41.4 Å². The molecule has 3 aromatic rings. The molecule has 0 saturated carbocycles. The topological polar surface area (TPSA) is 72.9 Å². The van der Waals surface area contributed by atoms with Gasteiger partial charge < -0.3 is 4.52 Å². The lowest BCUT2D eigenvalue weighted by Gasteiger charge is -2.23. The van der Waals surface area contributed by atoms with Crippen molar-refractivity contribution in [3.8, 4) is 5.69 Å². The lowest BCUT2D eigenvalue weighted by atomic mass is 9.97. The van der Waals surface area contributed by atoms with Gasteiger partial charge in [-0.3, -0.25) is 4.90 Å². The fourth-order valence-corrected chi connectivity index (χ4v) is 2.48. The molecule has 7 nitrogen and oxygen atoms in total. The summed E-state index contributed by atoms with van der Waals surface area (Å²) in [6.07, 6.45) is 3.22. The van der Waals surface area contributed by atoms with Gasteiger partial charge in [0.15, 0.2) is 5.82 Å². The fourth-order valence-electron chi connectivity index (χ4n) is 2.48. The Bertz CT molecular complexity index is 801. The van der Waals surface area contributed by atoms with Gasteiger partial charge in [-0.25, -0.2) is 9.67 Å². The van der Waals surface area contributed by atoms with Crippen molar-refractivity contribution in [2.45, 2.75) is 45.7 Å². The van der Waals surface area contributed by atoms with Crippen LogP contribution in [0.2, 0.25) is 0 Å². The van der Waals surface area contributed by atoms with E-state index in [9.17, 15) is 0 Å². The van der Waals surface area contributed by atoms with Crippen LogP contribution in [0.4, 0.5) is 0 Å². The average Bonchev–Trinajstić information content (AvgIpc) is 3.25. The molecular formula is C18H24N6O. The first-order valence-corrected chi connectivity index (χ1v) is 8.33. The van der Waals surface area contributed by atoms with Crippen LogP contribution in [0.1, 0.15) is 51.0 Å². The van der Waals surface area contributed by atoms with E-state index in [-0.39, 0.29) is 11.5 Å². The summed E-state index contributed by atoms with van der Waals surface area (Å²) in [7, 11) is 2.06. The summed E-state index contributed by atoms with van der Waals surface area (Å²) in [6, 6.07) is 8.52. The van der Waals surface area contributed by atoms with E-state index in [1.54, 1.807) is 11.0 Å². The molecule has 0 fully saturated rings. The molecule has 2 heterocycles. The van der Waals surface area contributed by atoms with Crippen molar-refractivity contribution in [1.82, 2.24) is 29.8 Å². The minimum absolute atomic E-state index is 0.132. The van der Waals surface area contributed by atoms with Crippen LogP contribution in [-0.4, -0.2) is 36.9 Å². The van der Waals surface area contributed by atoms with Crippen LogP contribution in [-0.2, 0) is 12.0 Å². The van der Waals surface area contributed by atoms with E-state index in [0.717, 1.165) is 5.69 Å². The first-order chi connectivity index (χ1) is 11.8. The quantitative estimate of drug-likeness (QED) is 0.710. The van der Waals surface area contributed by atoms with Gasteiger partial charge in [0.25, 0.3) is 0 Å². The third kappa shape index (κ3) is 3.93.